The van der Waals surface area contributed by atoms with Crippen molar-refractivity contribution in [3.05, 3.63) is 46.1 Å². The SMILES string of the molecule is Cn1c(=O)oc2ccc(CC(=O)Nc3cc([C@H]4CC[C@H](OC(=O)NC56CC(C5)C6)C4)[nH]n3)cc21. The van der Waals surface area contributed by atoms with Gasteiger partial charge in [0, 0.05) is 30.3 Å². The first-order valence-corrected chi connectivity index (χ1v) is 11.8. The number of hydrogen-bond donors (Lipinski definition) is 3. The van der Waals surface area contributed by atoms with Crippen molar-refractivity contribution in [2.75, 3.05) is 5.32 Å². The summed E-state index contributed by atoms with van der Waals surface area (Å²) in [6.07, 6.45) is 5.47. The number of carbonyl (C=O) groups is 2. The zero-order valence-electron chi connectivity index (χ0n) is 18.9. The van der Waals surface area contributed by atoms with Crippen LogP contribution in [0.25, 0.3) is 11.1 Å². The molecule has 178 valence electrons. The second-order valence-electron chi connectivity index (χ2n) is 10.1. The van der Waals surface area contributed by atoms with E-state index in [-0.39, 0.29) is 36.0 Å². The van der Waals surface area contributed by atoms with Gasteiger partial charge >= 0.3 is 11.8 Å². The normalized spacial score (nSPS) is 27.1. The van der Waals surface area contributed by atoms with E-state index >= 15 is 0 Å². The molecule has 3 N–H and O–H groups in total. The van der Waals surface area contributed by atoms with Crippen LogP contribution in [0.5, 0.6) is 0 Å². The molecule has 2 aromatic heterocycles. The van der Waals surface area contributed by atoms with Crippen LogP contribution >= 0.6 is 0 Å². The van der Waals surface area contributed by atoms with Gasteiger partial charge in [-0.2, -0.15) is 5.10 Å². The average molecular weight is 466 g/mol. The minimum absolute atomic E-state index is 0.0250. The molecule has 2 heterocycles. The van der Waals surface area contributed by atoms with E-state index in [2.05, 4.69) is 20.8 Å². The standard InChI is InChI=1S/C24H27N5O5/c1-29-18-6-13(2-5-19(18)34-23(29)32)7-21(30)25-20-9-17(27-28-20)15-3-4-16(8-15)33-22(31)26-24-10-14(11-24)12-24/h2,5-6,9,14-16H,3-4,7-8,10-12H2,1H3,(H,26,31)(H2,25,27,28,30)/t14?,15-,16-,24?/m0/s1. The molecule has 0 radical (unpaired) electrons. The lowest BCUT2D eigenvalue weighted by Crippen LogP contribution is -2.68. The van der Waals surface area contributed by atoms with Crippen molar-refractivity contribution in [2.24, 2.45) is 13.0 Å². The largest absolute Gasteiger partial charge is 0.446 e. The number of ether oxygens (including phenoxy) is 1. The monoisotopic (exact) mass is 465 g/mol. The smallest absolute Gasteiger partial charge is 0.419 e. The number of carbonyl (C=O) groups excluding carboxylic acids is 2. The Labute approximate surface area is 195 Å². The van der Waals surface area contributed by atoms with E-state index in [0.717, 1.165) is 55.7 Å². The molecular formula is C24H27N5O5. The Kier molecular flexibility index (Phi) is 4.79. The second kappa shape index (κ2) is 7.75. The number of alkyl carbamates (subject to hydrolysis) is 1. The number of nitrogens with one attached hydrogen (secondary N) is 3. The lowest BCUT2D eigenvalue weighted by atomic mass is 9.50. The predicted octanol–water partition coefficient (Wildman–Crippen LogP) is 2.95. The minimum atomic E-state index is -0.435. The molecule has 10 nitrogen and oxygen atoms in total. The van der Waals surface area contributed by atoms with Gasteiger partial charge in [0.2, 0.25) is 5.91 Å². The number of benzene rings is 1. The van der Waals surface area contributed by atoms with Crippen molar-refractivity contribution in [2.45, 2.75) is 62.5 Å². The van der Waals surface area contributed by atoms with Crippen LogP contribution in [0, 0.1) is 5.92 Å². The third-order valence-electron chi connectivity index (χ3n) is 7.59. The average Bonchev–Trinajstić information content (AvgIpc) is 3.45. The topological polar surface area (TPSA) is 131 Å². The highest BCUT2D eigenvalue weighted by Crippen LogP contribution is 2.57. The molecule has 4 saturated carbocycles. The summed E-state index contributed by atoms with van der Waals surface area (Å²) < 4.78 is 12.2. The molecule has 1 aromatic carbocycles. The predicted molar refractivity (Wildman–Crippen MR) is 122 cm³/mol. The van der Waals surface area contributed by atoms with Crippen LogP contribution in [-0.4, -0.2) is 38.4 Å². The van der Waals surface area contributed by atoms with Crippen molar-refractivity contribution >= 4 is 28.9 Å². The summed E-state index contributed by atoms with van der Waals surface area (Å²) >= 11 is 0. The lowest BCUT2D eigenvalue weighted by molar-refractivity contribution is -0.115. The lowest BCUT2D eigenvalue weighted by Gasteiger charge is -2.61. The number of aromatic nitrogens is 3. The van der Waals surface area contributed by atoms with Gasteiger partial charge in [-0.05, 0) is 62.1 Å². The number of fused-ring (bicyclic) bond motifs is 1. The summed E-state index contributed by atoms with van der Waals surface area (Å²) in [5.41, 5.74) is 2.86. The molecule has 0 saturated heterocycles. The minimum Gasteiger partial charge on any atom is -0.446 e. The molecule has 0 unspecified atom stereocenters. The Morgan fingerprint density at radius 1 is 1.26 bits per heavy atom. The van der Waals surface area contributed by atoms with Crippen LogP contribution in [-0.2, 0) is 23.0 Å². The summed E-state index contributed by atoms with van der Waals surface area (Å²) in [5, 5.41) is 13.1. The van der Waals surface area contributed by atoms with Crippen LogP contribution in [0.15, 0.2) is 33.5 Å². The van der Waals surface area contributed by atoms with Gasteiger partial charge in [-0.25, -0.2) is 9.59 Å². The fraction of sp³-hybridized carbons (Fsp3) is 0.500. The maximum atomic E-state index is 12.5. The van der Waals surface area contributed by atoms with Gasteiger partial charge < -0.3 is 19.8 Å². The highest BCUT2D eigenvalue weighted by molar-refractivity contribution is 5.92. The fourth-order valence-corrected chi connectivity index (χ4v) is 5.62. The van der Waals surface area contributed by atoms with Gasteiger partial charge in [0.1, 0.15) is 6.10 Å². The van der Waals surface area contributed by atoms with Gasteiger partial charge in [-0.3, -0.25) is 14.5 Å². The van der Waals surface area contributed by atoms with Crippen molar-refractivity contribution in [3.8, 4) is 0 Å². The van der Waals surface area contributed by atoms with E-state index in [0.29, 0.717) is 16.9 Å². The Balaban J connectivity index is 1.02. The number of oxazole rings is 1. The number of anilines is 1. The highest BCUT2D eigenvalue weighted by Gasteiger charge is 2.57. The third-order valence-corrected chi connectivity index (χ3v) is 7.59. The Bertz CT molecular complexity index is 1320. The van der Waals surface area contributed by atoms with Crippen molar-refractivity contribution < 1.29 is 18.7 Å². The van der Waals surface area contributed by atoms with Crippen LogP contribution < -0.4 is 16.4 Å². The van der Waals surface area contributed by atoms with E-state index in [4.69, 9.17) is 9.15 Å². The third kappa shape index (κ3) is 3.76. The number of nitrogens with zero attached hydrogens (tertiary/aromatic N) is 2. The zero-order chi connectivity index (χ0) is 23.4. The van der Waals surface area contributed by atoms with Crippen molar-refractivity contribution in [1.82, 2.24) is 20.1 Å². The van der Waals surface area contributed by atoms with E-state index in [9.17, 15) is 14.4 Å². The summed E-state index contributed by atoms with van der Waals surface area (Å²) in [6, 6.07) is 7.08. The molecule has 34 heavy (non-hydrogen) atoms. The maximum absolute atomic E-state index is 12.5. The summed E-state index contributed by atoms with van der Waals surface area (Å²) in [4.78, 5) is 36.4. The molecule has 2 amide bonds. The zero-order valence-corrected chi connectivity index (χ0v) is 18.9. The van der Waals surface area contributed by atoms with Gasteiger partial charge in [0.25, 0.3) is 0 Å². The van der Waals surface area contributed by atoms with Gasteiger partial charge in [-0.1, -0.05) is 6.07 Å². The number of hydrogen-bond acceptors (Lipinski definition) is 6. The number of amides is 2. The number of H-pyrrole nitrogens is 1. The molecule has 3 aromatic rings. The number of aryl methyl sites for hydroxylation is 1. The second-order valence-corrected chi connectivity index (χ2v) is 10.1. The van der Waals surface area contributed by atoms with Crippen LogP contribution in [0.1, 0.15) is 55.7 Å². The molecule has 7 rings (SSSR count). The van der Waals surface area contributed by atoms with E-state index in [1.807, 2.05) is 6.07 Å². The summed E-state index contributed by atoms with van der Waals surface area (Å²) in [6.45, 7) is 0. The van der Waals surface area contributed by atoms with E-state index in [1.54, 1.807) is 25.2 Å². The molecule has 4 fully saturated rings. The van der Waals surface area contributed by atoms with Crippen molar-refractivity contribution in [3.63, 3.8) is 0 Å². The molecule has 2 bridgehead atoms. The van der Waals surface area contributed by atoms with Gasteiger partial charge in [0.15, 0.2) is 11.4 Å². The van der Waals surface area contributed by atoms with E-state index in [1.165, 1.54) is 4.57 Å². The highest BCUT2D eigenvalue weighted by atomic mass is 16.6. The summed E-state index contributed by atoms with van der Waals surface area (Å²) in [5.74, 6) is 0.832. The molecule has 4 aliphatic carbocycles. The molecule has 0 aliphatic heterocycles. The number of aromatic amines is 1. The quantitative estimate of drug-likeness (QED) is 0.513. The Hall–Kier alpha value is -3.56. The van der Waals surface area contributed by atoms with Crippen LogP contribution in [0.4, 0.5) is 10.6 Å². The Morgan fingerprint density at radius 2 is 2.09 bits per heavy atom. The van der Waals surface area contributed by atoms with Gasteiger partial charge in [-0.15, -0.1) is 0 Å². The first-order valence-electron chi connectivity index (χ1n) is 11.8. The molecule has 10 heteroatoms. The van der Waals surface area contributed by atoms with Crippen molar-refractivity contribution in [1.29, 1.82) is 0 Å². The van der Waals surface area contributed by atoms with Gasteiger partial charge in [0.05, 0.1) is 11.9 Å². The van der Waals surface area contributed by atoms with Crippen LogP contribution in [0.2, 0.25) is 0 Å². The van der Waals surface area contributed by atoms with E-state index < -0.39 is 5.76 Å². The Morgan fingerprint density at radius 3 is 2.85 bits per heavy atom. The molecule has 2 atom stereocenters. The molecule has 0 spiro atoms. The first-order chi connectivity index (χ1) is 16.4. The maximum Gasteiger partial charge on any atom is 0.419 e. The fourth-order valence-electron chi connectivity index (χ4n) is 5.62. The molecular weight excluding hydrogens is 438 g/mol. The first kappa shape index (κ1) is 21.0. The number of rotatable bonds is 6. The molecule has 4 aliphatic rings. The van der Waals surface area contributed by atoms with Crippen LogP contribution in [0.3, 0.4) is 0 Å². The summed E-state index contributed by atoms with van der Waals surface area (Å²) in [7, 11) is 1.63.